The van der Waals surface area contributed by atoms with Crippen LogP contribution >= 0.6 is 15.9 Å². The molecule has 3 heteroatoms. The molecule has 0 unspecified atom stereocenters. The fraction of sp³-hybridized carbons (Fsp3) is 0.647. The average molecular weight is 340 g/mol. The van der Waals surface area contributed by atoms with Gasteiger partial charge < -0.3 is 10.1 Å². The Morgan fingerprint density at radius 2 is 1.95 bits per heavy atom. The third-order valence-electron chi connectivity index (χ3n) is 3.89. The van der Waals surface area contributed by atoms with E-state index in [1.165, 1.54) is 31.2 Å². The van der Waals surface area contributed by atoms with Crippen LogP contribution in [0.2, 0.25) is 0 Å². The van der Waals surface area contributed by atoms with E-state index in [4.69, 9.17) is 4.74 Å². The minimum Gasteiger partial charge on any atom is -0.369 e. The van der Waals surface area contributed by atoms with Crippen LogP contribution in [0, 0.1) is 0 Å². The Bertz CT molecular complexity index is 433. The fourth-order valence-corrected chi connectivity index (χ4v) is 3.13. The zero-order valence-electron chi connectivity index (χ0n) is 12.8. The van der Waals surface area contributed by atoms with Gasteiger partial charge in [-0.15, -0.1) is 0 Å². The second-order valence-electron chi connectivity index (χ2n) is 6.91. The lowest BCUT2D eigenvalue weighted by molar-refractivity contribution is -0.0535. The molecule has 0 atom stereocenters. The summed E-state index contributed by atoms with van der Waals surface area (Å²) in [6.45, 7) is 8.29. The van der Waals surface area contributed by atoms with Crippen LogP contribution in [0.3, 0.4) is 0 Å². The van der Waals surface area contributed by atoms with Crippen molar-refractivity contribution >= 4 is 15.9 Å². The lowest BCUT2D eigenvalue weighted by Gasteiger charge is -2.33. The molecule has 0 aromatic heterocycles. The van der Waals surface area contributed by atoms with E-state index < -0.39 is 0 Å². The molecule has 1 fully saturated rings. The van der Waals surface area contributed by atoms with Crippen molar-refractivity contribution in [2.45, 2.75) is 64.2 Å². The van der Waals surface area contributed by atoms with Crippen LogP contribution in [0.15, 0.2) is 28.7 Å². The van der Waals surface area contributed by atoms with Crippen LogP contribution < -0.4 is 5.32 Å². The summed E-state index contributed by atoms with van der Waals surface area (Å²) < 4.78 is 7.46. The summed E-state index contributed by atoms with van der Waals surface area (Å²) in [4.78, 5) is 0. The molecular weight excluding hydrogens is 314 g/mol. The zero-order valence-corrected chi connectivity index (χ0v) is 14.4. The van der Waals surface area contributed by atoms with Crippen LogP contribution in [0.25, 0.3) is 0 Å². The Morgan fingerprint density at radius 1 is 1.25 bits per heavy atom. The maximum atomic E-state index is 6.34. The summed E-state index contributed by atoms with van der Waals surface area (Å²) in [5, 5.41) is 3.62. The Balaban J connectivity index is 1.95. The predicted octanol–water partition coefficient (Wildman–Crippen LogP) is 4.67. The van der Waals surface area contributed by atoms with Crippen LogP contribution in [-0.2, 0) is 11.3 Å². The first-order valence-corrected chi connectivity index (χ1v) is 8.31. The molecule has 20 heavy (non-hydrogen) atoms. The van der Waals surface area contributed by atoms with Gasteiger partial charge in [0, 0.05) is 16.6 Å². The van der Waals surface area contributed by atoms with Crippen LogP contribution in [0.5, 0.6) is 0 Å². The molecule has 1 saturated carbocycles. The highest BCUT2D eigenvalue weighted by molar-refractivity contribution is 9.10. The quantitative estimate of drug-likeness (QED) is 0.841. The van der Waals surface area contributed by atoms with Gasteiger partial charge >= 0.3 is 0 Å². The highest BCUT2D eigenvalue weighted by Crippen LogP contribution is 2.34. The van der Waals surface area contributed by atoms with Crippen molar-refractivity contribution in [1.29, 1.82) is 0 Å². The summed E-state index contributed by atoms with van der Waals surface area (Å²) in [6.07, 6.45) is 4.91. The van der Waals surface area contributed by atoms with Crippen molar-refractivity contribution in [2.24, 2.45) is 0 Å². The molecule has 1 aliphatic rings. The van der Waals surface area contributed by atoms with E-state index in [1.807, 2.05) is 0 Å². The standard InChI is InChI=1S/C17H26BrNO/c1-16(2,3)19-13-17(9-4-5-10-17)20-12-14-7-6-8-15(18)11-14/h6-8,11,19H,4-5,9-10,12-13H2,1-3H3. The fourth-order valence-electron chi connectivity index (χ4n) is 2.68. The Morgan fingerprint density at radius 3 is 2.55 bits per heavy atom. The monoisotopic (exact) mass is 339 g/mol. The number of hydrogen-bond acceptors (Lipinski definition) is 2. The van der Waals surface area contributed by atoms with Crippen molar-refractivity contribution in [3.8, 4) is 0 Å². The summed E-state index contributed by atoms with van der Waals surface area (Å²) in [6, 6.07) is 8.39. The topological polar surface area (TPSA) is 21.3 Å². The van der Waals surface area contributed by atoms with E-state index in [1.54, 1.807) is 0 Å². The van der Waals surface area contributed by atoms with Gasteiger partial charge in [-0.05, 0) is 51.3 Å². The molecule has 112 valence electrons. The van der Waals surface area contributed by atoms with Gasteiger partial charge in [0.05, 0.1) is 12.2 Å². The van der Waals surface area contributed by atoms with Gasteiger partial charge in [-0.25, -0.2) is 0 Å². The Hall–Kier alpha value is -0.380. The maximum Gasteiger partial charge on any atom is 0.0811 e. The molecule has 1 aromatic carbocycles. The molecule has 0 bridgehead atoms. The van der Waals surface area contributed by atoms with E-state index >= 15 is 0 Å². The molecule has 2 rings (SSSR count). The van der Waals surface area contributed by atoms with Crippen molar-refractivity contribution in [3.63, 3.8) is 0 Å². The summed E-state index contributed by atoms with van der Waals surface area (Å²) in [5.74, 6) is 0. The lowest BCUT2D eigenvalue weighted by Crippen LogP contribution is -2.47. The second-order valence-corrected chi connectivity index (χ2v) is 7.83. The number of ether oxygens (including phenoxy) is 1. The SMILES string of the molecule is CC(C)(C)NCC1(OCc2cccc(Br)c2)CCCC1. The van der Waals surface area contributed by atoms with Gasteiger partial charge in [-0.1, -0.05) is 40.9 Å². The largest absolute Gasteiger partial charge is 0.369 e. The summed E-state index contributed by atoms with van der Waals surface area (Å²) in [7, 11) is 0. The molecule has 1 N–H and O–H groups in total. The minimum atomic E-state index is 0.0234. The van der Waals surface area contributed by atoms with Gasteiger partial charge in [-0.3, -0.25) is 0 Å². The van der Waals surface area contributed by atoms with Gasteiger partial charge in [0.1, 0.15) is 0 Å². The van der Waals surface area contributed by atoms with Crippen LogP contribution in [0.4, 0.5) is 0 Å². The minimum absolute atomic E-state index is 0.0234. The molecule has 0 radical (unpaired) electrons. The number of hydrogen-bond donors (Lipinski definition) is 1. The van der Waals surface area contributed by atoms with E-state index in [2.05, 4.69) is 66.3 Å². The average Bonchev–Trinajstić information content (AvgIpc) is 2.83. The molecular formula is C17H26BrNO. The molecule has 0 aliphatic heterocycles. The second kappa shape index (κ2) is 6.59. The normalized spacial score (nSPS) is 18.4. The molecule has 0 saturated heterocycles. The van der Waals surface area contributed by atoms with Crippen LogP contribution in [0.1, 0.15) is 52.0 Å². The highest BCUT2D eigenvalue weighted by atomic mass is 79.9. The van der Waals surface area contributed by atoms with E-state index in [-0.39, 0.29) is 11.1 Å². The Kier molecular flexibility index (Phi) is 5.27. The smallest absolute Gasteiger partial charge is 0.0811 e. The van der Waals surface area contributed by atoms with Crippen molar-refractivity contribution in [3.05, 3.63) is 34.3 Å². The predicted molar refractivity (Wildman–Crippen MR) is 87.9 cm³/mol. The molecule has 0 heterocycles. The first-order chi connectivity index (χ1) is 9.39. The summed E-state index contributed by atoms with van der Waals surface area (Å²) >= 11 is 3.52. The third-order valence-corrected chi connectivity index (χ3v) is 4.38. The number of nitrogens with one attached hydrogen (secondary N) is 1. The molecule has 0 spiro atoms. The van der Waals surface area contributed by atoms with Crippen molar-refractivity contribution in [1.82, 2.24) is 5.32 Å². The van der Waals surface area contributed by atoms with E-state index in [0.717, 1.165) is 11.0 Å². The Labute approximate surface area is 131 Å². The lowest BCUT2D eigenvalue weighted by atomic mass is 9.99. The first kappa shape index (κ1) is 16.0. The van der Waals surface area contributed by atoms with Crippen LogP contribution in [-0.4, -0.2) is 17.7 Å². The number of rotatable bonds is 5. The number of benzene rings is 1. The zero-order chi connectivity index (χ0) is 14.6. The molecule has 1 aromatic rings. The summed E-state index contributed by atoms with van der Waals surface area (Å²) in [5.41, 5.74) is 1.41. The number of halogens is 1. The first-order valence-electron chi connectivity index (χ1n) is 7.52. The van der Waals surface area contributed by atoms with Gasteiger partial charge in [0.2, 0.25) is 0 Å². The van der Waals surface area contributed by atoms with Crippen molar-refractivity contribution in [2.75, 3.05) is 6.54 Å². The molecule has 1 aliphatic carbocycles. The van der Waals surface area contributed by atoms with E-state index in [9.17, 15) is 0 Å². The molecule has 2 nitrogen and oxygen atoms in total. The third kappa shape index (κ3) is 4.87. The highest BCUT2D eigenvalue weighted by Gasteiger charge is 2.35. The van der Waals surface area contributed by atoms with Gasteiger partial charge in [0.15, 0.2) is 0 Å². The molecule has 0 amide bonds. The van der Waals surface area contributed by atoms with Gasteiger partial charge in [-0.2, -0.15) is 0 Å². The van der Waals surface area contributed by atoms with Gasteiger partial charge in [0.25, 0.3) is 0 Å². The van der Waals surface area contributed by atoms with E-state index in [0.29, 0.717) is 6.61 Å². The van der Waals surface area contributed by atoms with Crippen molar-refractivity contribution < 1.29 is 4.74 Å². The maximum absolute atomic E-state index is 6.34.